The molecule has 2 heterocycles. The van der Waals surface area contributed by atoms with E-state index in [0.29, 0.717) is 11.0 Å². The smallest absolute Gasteiger partial charge is 0.251 e. The minimum Gasteiger partial charge on any atom is -0.313 e. The van der Waals surface area contributed by atoms with Gasteiger partial charge in [0.2, 0.25) is 0 Å². The highest BCUT2D eigenvalue weighted by Crippen LogP contribution is 2.21. The highest BCUT2D eigenvalue weighted by Gasteiger charge is 2.13. The van der Waals surface area contributed by atoms with Crippen LogP contribution >= 0.6 is 11.6 Å². The molecule has 0 atom stereocenters. The van der Waals surface area contributed by atoms with Gasteiger partial charge >= 0.3 is 0 Å². The van der Waals surface area contributed by atoms with E-state index in [0.717, 1.165) is 42.2 Å². The van der Waals surface area contributed by atoms with Gasteiger partial charge in [-0.05, 0) is 33.7 Å². The first-order chi connectivity index (χ1) is 9.54. The van der Waals surface area contributed by atoms with Gasteiger partial charge in [-0.2, -0.15) is 5.10 Å². The molecule has 2 rings (SSSR count). The summed E-state index contributed by atoms with van der Waals surface area (Å²) in [5.74, 6) is 0.564. The summed E-state index contributed by atoms with van der Waals surface area (Å²) in [4.78, 5) is 8.92. The molecular weight excluding hydrogens is 274 g/mol. The maximum Gasteiger partial charge on any atom is 0.251 e. The first-order valence-electron chi connectivity index (χ1n) is 6.80. The van der Waals surface area contributed by atoms with E-state index in [-0.39, 0.29) is 0 Å². The standard InChI is InChI=1S/C14H20ClN5/c1-5-6-16-7-12-8-17-14(18-9(12)2)20-11(4)13(15)10(3)19-20/h8,16H,5-7H2,1-4H3. The number of aryl methyl sites for hydroxylation is 2. The lowest BCUT2D eigenvalue weighted by molar-refractivity contribution is 0.665. The molecule has 0 amide bonds. The Bertz CT molecular complexity index is 606. The molecule has 0 aromatic carbocycles. The van der Waals surface area contributed by atoms with E-state index in [4.69, 9.17) is 11.6 Å². The van der Waals surface area contributed by atoms with Gasteiger partial charge < -0.3 is 5.32 Å². The summed E-state index contributed by atoms with van der Waals surface area (Å²) >= 11 is 6.15. The molecule has 2 aromatic heterocycles. The van der Waals surface area contributed by atoms with E-state index in [1.165, 1.54) is 0 Å². The van der Waals surface area contributed by atoms with Crippen LogP contribution in [-0.2, 0) is 6.54 Å². The fourth-order valence-electron chi connectivity index (χ4n) is 1.97. The maximum atomic E-state index is 6.15. The molecule has 5 nitrogen and oxygen atoms in total. The second-order valence-electron chi connectivity index (χ2n) is 4.85. The minimum atomic E-state index is 0.564. The molecule has 0 aliphatic heterocycles. The largest absolute Gasteiger partial charge is 0.313 e. The van der Waals surface area contributed by atoms with Crippen LogP contribution in [0, 0.1) is 20.8 Å². The molecule has 0 fully saturated rings. The van der Waals surface area contributed by atoms with Crippen molar-refractivity contribution in [3.8, 4) is 5.95 Å². The Labute approximate surface area is 124 Å². The van der Waals surface area contributed by atoms with Crippen LogP contribution in [0.4, 0.5) is 0 Å². The summed E-state index contributed by atoms with van der Waals surface area (Å²) in [5.41, 5.74) is 3.72. The number of hydrogen-bond acceptors (Lipinski definition) is 4. The van der Waals surface area contributed by atoms with Crippen molar-refractivity contribution in [2.75, 3.05) is 6.54 Å². The number of aromatic nitrogens is 4. The molecular formula is C14H20ClN5. The zero-order valence-electron chi connectivity index (χ0n) is 12.4. The Kier molecular flexibility index (Phi) is 4.73. The number of nitrogens with one attached hydrogen (secondary N) is 1. The Balaban J connectivity index is 2.26. The highest BCUT2D eigenvalue weighted by atomic mass is 35.5. The summed E-state index contributed by atoms with van der Waals surface area (Å²) in [6.07, 6.45) is 2.97. The van der Waals surface area contributed by atoms with Crippen molar-refractivity contribution < 1.29 is 0 Å². The van der Waals surface area contributed by atoms with E-state index in [9.17, 15) is 0 Å². The third-order valence-corrected chi connectivity index (χ3v) is 3.75. The Morgan fingerprint density at radius 3 is 2.55 bits per heavy atom. The lowest BCUT2D eigenvalue weighted by atomic mass is 10.2. The van der Waals surface area contributed by atoms with Gasteiger partial charge in [-0.25, -0.2) is 14.6 Å². The Morgan fingerprint density at radius 1 is 1.25 bits per heavy atom. The normalized spacial score (nSPS) is 11.1. The van der Waals surface area contributed by atoms with Gasteiger partial charge in [0, 0.05) is 24.0 Å². The second-order valence-corrected chi connectivity index (χ2v) is 5.23. The summed E-state index contributed by atoms with van der Waals surface area (Å²) < 4.78 is 1.69. The van der Waals surface area contributed by atoms with Crippen LogP contribution in [0.25, 0.3) is 5.95 Å². The van der Waals surface area contributed by atoms with Crippen molar-refractivity contribution in [3.63, 3.8) is 0 Å². The third kappa shape index (κ3) is 2.99. The second kappa shape index (κ2) is 6.33. The molecule has 0 saturated heterocycles. The Morgan fingerprint density at radius 2 is 2.00 bits per heavy atom. The van der Waals surface area contributed by atoms with Crippen molar-refractivity contribution in [2.45, 2.75) is 40.7 Å². The molecule has 0 spiro atoms. The molecule has 0 aliphatic rings. The zero-order valence-corrected chi connectivity index (χ0v) is 13.1. The lowest BCUT2D eigenvalue weighted by Gasteiger charge is -2.08. The first kappa shape index (κ1) is 14.9. The van der Waals surface area contributed by atoms with E-state index in [1.54, 1.807) is 4.68 Å². The SMILES string of the molecule is CCCNCc1cnc(-n2nc(C)c(Cl)c2C)nc1C. The molecule has 0 bridgehead atoms. The molecule has 2 aromatic rings. The average Bonchev–Trinajstić information content (AvgIpc) is 2.68. The van der Waals surface area contributed by atoms with Crippen LogP contribution in [0.3, 0.4) is 0 Å². The first-order valence-corrected chi connectivity index (χ1v) is 7.17. The number of rotatable bonds is 5. The van der Waals surface area contributed by atoms with E-state index in [1.807, 2.05) is 27.0 Å². The molecule has 108 valence electrons. The summed E-state index contributed by atoms with van der Waals surface area (Å²) in [6.45, 7) is 9.71. The van der Waals surface area contributed by atoms with Gasteiger partial charge in [-0.15, -0.1) is 0 Å². The molecule has 0 aliphatic carbocycles. The van der Waals surface area contributed by atoms with Crippen molar-refractivity contribution in [2.24, 2.45) is 0 Å². The van der Waals surface area contributed by atoms with Gasteiger partial charge in [0.25, 0.3) is 5.95 Å². The Hall–Kier alpha value is -1.46. The summed E-state index contributed by atoms with van der Waals surface area (Å²) in [6, 6.07) is 0. The van der Waals surface area contributed by atoms with Crippen molar-refractivity contribution >= 4 is 11.6 Å². The summed E-state index contributed by atoms with van der Waals surface area (Å²) in [5, 5.41) is 8.39. The molecule has 1 N–H and O–H groups in total. The summed E-state index contributed by atoms with van der Waals surface area (Å²) in [7, 11) is 0. The van der Waals surface area contributed by atoms with Crippen LogP contribution in [0.2, 0.25) is 5.02 Å². The van der Waals surface area contributed by atoms with Gasteiger partial charge in [-0.3, -0.25) is 0 Å². The van der Waals surface area contributed by atoms with Gasteiger partial charge in [0.1, 0.15) is 0 Å². The minimum absolute atomic E-state index is 0.564. The molecule has 0 saturated carbocycles. The molecule has 20 heavy (non-hydrogen) atoms. The zero-order chi connectivity index (χ0) is 14.7. The quantitative estimate of drug-likeness (QED) is 0.861. The van der Waals surface area contributed by atoms with E-state index in [2.05, 4.69) is 27.3 Å². The van der Waals surface area contributed by atoms with Crippen molar-refractivity contribution in [1.29, 1.82) is 0 Å². The van der Waals surface area contributed by atoms with Gasteiger partial charge in [0.15, 0.2) is 0 Å². The van der Waals surface area contributed by atoms with E-state index >= 15 is 0 Å². The fraction of sp³-hybridized carbons (Fsp3) is 0.500. The fourth-order valence-corrected chi connectivity index (χ4v) is 2.09. The van der Waals surface area contributed by atoms with Crippen molar-refractivity contribution in [1.82, 2.24) is 25.1 Å². The number of nitrogens with zero attached hydrogens (tertiary/aromatic N) is 4. The van der Waals surface area contributed by atoms with Crippen LogP contribution in [-0.4, -0.2) is 26.3 Å². The van der Waals surface area contributed by atoms with Crippen molar-refractivity contribution in [3.05, 3.63) is 33.9 Å². The predicted octanol–water partition coefficient (Wildman–Crippen LogP) is 2.74. The van der Waals surface area contributed by atoms with Gasteiger partial charge in [0.05, 0.1) is 16.4 Å². The predicted molar refractivity (Wildman–Crippen MR) is 80.4 cm³/mol. The van der Waals surface area contributed by atoms with E-state index < -0.39 is 0 Å². The number of halogens is 1. The van der Waals surface area contributed by atoms with Crippen LogP contribution in [0.5, 0.6) is 0 Å². The number of hydrogen-bond donors (Lipinski definition) is 1. The third-order valence-electron chi connectivity index (χ3n) is 3.20. The van der Waals surface area contributed by atoms with Crippen LogP contribution < -0.4 is 5.32 Å². The average molecular weight is 294 g/mol. The monoisotopic (exact) mass is 293 g/mol. The van der Waals surface area contributed by atoms with Gasteiger partial charge in [-0.1, -0.05) is 18.5 Å². The molecule has 6 heteroatoms. The van der Waals surface area contributed by atoms with Crippen LogP contribution in [0.1, 0.15) is 36.0 Å². The van der Waals surface area contributed by atoms with Crippen LogP contribution in [0.15, 0.2) is 6.20 Å². The maximum absolute atomic E-state index is 6.15. The molecule has 0 unspecified atom stereocenters. The topological polar surface area (TPSA) is 55.6 Å². The highest BCUT2D eigenvalue weighted by molar-refractivity contribution is 6.31. The lowest BCUT2D eigenvalue weighted by Crippen LogP contribution is -2.16. The molecule has 0 radical (unpaired) electrons.